The van der Waals surface area contributed by atoms with Crippen molar-refractivity contribution in [1.29, 1.82) is 0 Å². The minimum atomic E-state index is -0.994. The van der Waals surface area contributed by atoms with Crippen LogP contribution in [0.4, 0.5) is 14.5 Å². The average Bonchev–Trinajstić information content (AvgIpc) is 3.12. The summed E-state index contributed by atoms with van der Waals surface area (Å²) in [6.07, 6.45) is 0. The molecule has 30 heavy (non-hydrogen) atoms. The van der Waals surface area contributed by atoms with Crippen molar-refractivity contribution in [1.82, 2.24) is 20.5 Å². The first-order valence-electron chi connectivity index (χ1n) is 9.31. The molecule has 1 unspecified atom stereocenters. The lowest BCUT2D eigenvalue weighted by molar-refractivity contribution is -0.118. The van der Waals surface area contributed by atoms with Gasteiger partial charge in [0.2, 0.25) is 5.91 Å². The van der Waals surface area contributed by atoms with Crippen molar-refractivity contribution in [2.45, 2.75) is 26.8 Å². The molecule has 0 saturated carbocycles. The van der Waals surface area contributed by atoms with Crippen molar-refractivity contribution in [3.8, 4) is 11.4 Å². The summed E-state index contributed by atoms with van der Waals surface area (Å²) in [5.41, 5.74) is 0.538. The number of rotatable bonds is 6. The van der Waals surface area contributed by atoms with Crippen molar-refractivity contribution >= 4 is 17.5 Å². The maximum atomic E-state index is 13.9. The van der Waals surface area contributed by atoms with E-state index in [0.29, 0.717) is 17.3 Å². The van der Waals surface area contributed by atoms with Gasteiger partial charge in [0.25, 0.3) is 5.91 Å². The van der Waals surface area contributed by atoms with E-state index in [0.717, 1.165) is 23.8 Å². The van der Waals surface area contributed by atoms with Crippen LogP contribution in [0.3, 0.4) is 0 Å². The molecule has 3 aromatic rings. The number of H-pyrrole nitrogens is 1. The summed E-state index contributed by atoms with van der Waals surface area (Å²) in [5.74, 6) is -2.58. The molecule has 0 spiro atoms. The minimum absolute atomic E-state index is 0.320. The first-order valence-corrected chi connectivity index (χ1v) is 9.31. The Labute approximate surface area is 171 Å². The number of hydrogen-bond acceptors (Lipinski definition) is 4. The van der Waals surface area contributed by atoms with Gasteiger partial charge in [0.15, 0.2) is 5.82 Å². The highest BCUT2D eigenvalue weighted by Crippen LogP contribution is 2.19. The molecule has 1 aromatic heterocycles. The summed E-state index contributed by atoms with van der Waals surface area (Å²) < 4.78 is 27.7. The molecule has 3 rings (SSSR count). The van der Waals surface area contributed by atoms with E-state index in [9.17, 15) is 18.4 Å². The van der Waals surface area contributed by atoms with Crippen LogP contribution in [-0.2, 0) is 4.79 Å². The van der Waals surface area contributed by atoms with Crippen LogP contribution in [0, 0.1) is 24.5 Å². The number of nitrogens with zero attached hydrogens (tertiary/aromatic N) is 2. The van der Waals surface area contributed by atoms with Crippen LogP contribution in [0.1, 0.15) is 30.0 Å². The van der Waals surface area contributed by atoms with E-state index in [-0.39, 0.29) is 5.92 Å². The van der Waals surface area contributed by atoms with Gasteiger partial charge in [-0.15, -0.1) is 0 Å². The van der Waals surface area contributed by atoms with Crippen LogP contribution >= 0.6 is 0 Å². The van der Waals surface area contributed by atoms with Crippen LogP contribution in [0.15, 0.2) is 42.5 Å². The zero-order chi connectivity index (χ0) is 21.8. The standard InChI is InChI=1S/C21H21F2N5O2/c1-11(2)18(26-20(29)17-15(22)5-4-6-16(17)23)21(30)25-14-9-7-13(8-10-14)19-24-12(3)27-28-19/h4-11,18H,1-3H3,(H,25,30)(H,26,29)(H,24,27,28). The number of aryl methyl sites for hydroxylation is 1. The zero-order valence-corrected chi connectivity index (χ0v) is 16.7. The fourth-order valence-electron chi connectivity index (χ4n) is 2.86. The van der Waals surface area contributed by atoms with Gasteiger partial charge in [0.1, 0.15) is 29.1 Å². The third-order valence-electron chi connectivity index (χ3n) is 4.43. The Hall–Kier alpha value is -3.62. The second kappa shape index (κ2) is 8.81. The molecule has 0 aliphatic carbocycles. The van der Waals surface area contributed by atoms with Gasteiger partial charge in [-0.2, -0.15) is 5.10 Å². The summed E-state index contributed by atoms with van der Waals surface area (Å²) in [4.78, 5) is 29.3. The Morgan fingerprint density at radius 2 is 1.67 bits per heavy atom. The number of nitrogens with one attached hydrogen (secondary N) is 3. The summed E-state index contributed by atoms with van der Waals surface area (Å²) in [6, 6.07) is 8.98. The second-order valence-electron chi connectivity index (χ2n) is 7.10. The van der Waals surface area contributed by atoms with Crippen molar-refractivity contribution in [2.24, 2.45) is 5.92 Å². The number of halogens is 2. The zero-order valence-electron chi connectivity index (χ0n) is 16.7. The van der Waals surface area contributed by atoms with E-state index >= 15 is 0 Å². The predicted molar refractivity (Wildman–Crippen MR) is 108 cm³/mol. The van der Waals surface area contributed by atoms with Crippen LogP contribution in [0.25, 0.3) is 11.4 Å². The Balaban J connectivity index is 1.72. The van der Waals surface area contributed by atoms with Crippen molar-refractivity contribution in [3.05, 3.63) is 65.5 Å². The van der Waals surface area contributed by atoms with Crippen LogP contribution in [0.5, 0.6) is 0 Å². The largest absolute Gasteiger partial charge is 0.340 e. The van der Waals surface area contributed by atoms with Gasteiger partial charge in [0.05, 0.1) is 0 Å². The summed E-state index contributed by atoms with van der Waals surface area (Å²) in [6.45, 7) is 5.23. The molecule has 0 bridgehead atoms. The maximum absolute atomic E-state index is 13.9. The molecule has 2 amide bonds. The number of amides is 2. The third kappa shape index (κ3) is 4.68. The monoisotopic (exact) mass is 413 g/mol. The Morgan fingerprint density at radius 1 is 1.03 bits per heavy atom. The first-order chi connectivity index (χ1) is 14.3. The van der Waals surface area contributed by atoms with E-state index in [2.05, 4.69) is 25.8 Å². The molecule has 1 heterocycles. The number of hydrogen-bond donors (Lipinski definition) is 3. The smallest absolute Gasteiger partial charge is 0.257 e. The molecule has 0 aliphatic heterocycles. The molecular weight excluding hydrogens is 392 g/mol. The fourth-order valence-corrected chi connectivity index (χ4v) is 2.86. The Kier molecular flexibility index (Phi) is 6.20. The van der Waals surface area contributed by atoms with Gasteiger partial charge in [-0.3, -0.25) is 14.7 Å². The van der Waals surface area contributed by atoms with Gasteiger partial charge in [0, 0.05) is 11.3 Å². The average molecular weight is 413 g/mol. The molecule has 0 aliphatic rings. The van der Waals surface area contributed by atoms with Crippen LogP contribution < -0.4 is 10.6 Å². The van der Waals surface area contributed by atoms with E-state index in [1.54, 1.807) is 45.0 Å². The fraction of sp³-hybridized carbons (Fsp3) is 0.238. The molecule has 9 heteroatoms. The second-order valence-corrected chi connectivity index (χ2v) is 7.10. The van der Waals surface area contributed by atoms with E-state index < -0.39 is 35.1 Å². The van der Waals surface area contributed by atoms with Crippen molar-refractivity contribution in [3.63, 3.8) is 0 Å². The molecule has 0 saturated heterocycles. The van der Waals surface area contributed by atoms with Crippen LogP contribution in [-0.4, -0.2) is 33.0 Å². The maximum Gasteiger partial charge on any atom is 0.257 e. The van der Waals surface area contributed by atoms with Gasteiger partial charge < -0.3 is 10.6 Å². The molecule has 7 nitrogen and oxygen atoms in total. The molecule has 156 valence electrons. The quantitative estimate of drug-likeness (QED) is 0.576. The third-order valence-corrected chi connectivity index (χ3v) is 4.43. The Bertz CT molecular complexity index is 1040. The number of aromatic nitrogens is 3. The number of benzene rings is 2. The van der Waals surface area contributed by atoms with Gasteiger partial charge in [-0.05, 0) is 49.2 Å². The minimum Gasteiger partial charge on any atom is -0.340 e. The van der Waals surface area contributed by atoms with Gasteiger partial charge >= 0.3 is 0 Å². The molecule has 2 aromatic carbocycles. The van der Waals surface area contributed by atoms with E-state index in [4.69, 9.17) is 0 Å². The van der Waals surface area contributed by atoms with E-state index in [1.807, 2.05) is 0 Å². The predicted octanol–water partition coefficient (Wildman–Crippen LogP) is 3.45. The Morgan fingerprint density at radius 3 is 2.20 bits per heavy atom. The SMILES string of the molecule is Cc1nc(-c2ccc(NC(=O)C(NC(=O)c3c(F)cccc3F)C(C)C)cc2)n[nH]1. The summed E-state index contributed by atoms with van der Waals surface area (Å²) >= 11 is 0. The summed E-state index contributed by atoms with van der Waals surface area (Å²) in [7, 11) is 0. The topological polar surface area (TPSA) is 99.8 Å². The lowest BCUT2D eigenvalue weighted by atomic mass is 10.0. The first kappa shape index (κ1) is 21.1. The summed E-state index contributed by atoms with van der Waals surface area (Å²) in [5, 5.41) is 12.0. The molecular formula is C21H21F2N5O2. The van der Waals surface area contributed by atoms with Crippen LogP contribution in [0.2, 0.25) is 0 Å². The van der Waals surface area contributed by atoms with E-state index in [1.165, 1.54) is 0 Å². The highest BCUT2D eigenvalue weighted by molar-refractivity contribution is 6.01. The molecule has 3 N–H and O–H groups in total. The number of aromatic amines is 1. The number of anilines is 1. The molecule has 0 radical (unpaired) electrons. The number of carbonyl (C=O) groups is 2. The normalized spacial score (nSPS) is 11.9. The van der Waals surface area contributed by atoms with Crippen molar-refractivity contribution in [2.75, 3.05) is 5.32 Å². The highest BCUT2D eigenvalue weighted by Gasteiger charge is 2.27. The molecule has 0 fully saturated rings. The van der Waals surface area contributed by atoms with Crippen molar-refractivity contribution < 1.29 is 18.4 Å². The van der Waals surface area contributed by atoms with Gasteiger partial charge in [-0.25, -0.2) is 13.8 Å². The lowest BCUT2D eigenvalue weighted by Gasteiger charge is -2.22. The lowest BCUT2D eigenvalue weighted by Crippen LogP contribution is -2.47. The van der Waals surface area contributed by atoms with Gasteiger partial charge in [-0.1, -0.05) is 19.9 Å². The highest BCUT2D eigenvalue weighted by atomic mass is 19.1. The number of carbonyl (C=O) groups excluding carboxylic acids is 2. The molecule has 1 atom stereocenters.